The average Bonchev–Trinajstić information content (AvgIpc) is 2.40. The van der Waals surface area contributed by atoms with Crippen LogP contribution in [0, 0.1) is 0 Å². The van der Waals surface area contributed by atoms with E-state index in [9.17, 15) is 9.59 Å². The van der Waals surface area contributed by atoms with Crippen LogP contribution >= 0.6 is 11.8 Å². The molecule has 1 saturated heterocycles. The summed E-state index contributed by atoms with van der Waals surface area (Å²) in [6.07, 6.45) is 1.21. The van der Waals surface area contributed by atoms with E-state index in [0.29, 0.717) is 11.7 Å². The monoisotopic (exact) mass is 229 g/mol. The number of carbonyl (C=O) groups is 2. The van der Waals surface area contributed by atoms with Crippen LogP contribution in [0.15, 0.2) is 0 Å². The quantitative estimate of drug-likeness (QED) is 0.692. The van der Waals surface area contributed by atoms with Gasteiger partial charge in [-0.2, -0.15) is 0 Å². The van der Waals surface area contributed by atoms with E-state index in [0.717, 1.165) is 6.42 Å². The van der Waals surface area contributed by atoms with Gasteiger partial charge in [-0.15, -0.1) is 11.8 Å². The molecule has 1 heterocycles. The number of likely N-dealkylation sites (tertiary alicyclic amines) is 1. The molecule has 0 spiro atoms. The van der Waals surface area contributed by atoms with Crippen molar-refractivity contribution in [3.8, 4) is 0 Å². The first-order valence-corrected chi connectivity index (χ1v) is 6.43. The van der Waals surface area contributed by atoms with E-state index in [1.165, 1.54) is 4.90 Å². The highest BCUT2D eigenvalue weighted by molar-refractivity contribution is 8.01. The van der Waals surface area contributed by atoms with Gasteiger partial charge in [-0.1, -0.05) is 20.8 Å². The largest absolute Gasteiger partial charge is 0.279 e. The summed E-state index contributed by atoms with van der Waals surface area (Å²) >= 11 is 1.59. The molecular weight excluding hydrogens is 210 g/mol. The zero-order chi connectivity index (χ0) is 11.6. The van der Waals surface area contributed by atoms with Crippen LogP contribution in [0.2, 0.25) is 0 Å². The topological polar surface area (TPSA) is 37.4 Å². The van der Waals surface area contributed by atoms with E-state index in [4.69, 9.17) is 0 Å². The third-order valence-electron chi connectivity index (χ3n) is 2.61. The van der Waals surface area contributed by atoms with Gasteiger partial charge in [0.2, 0.25) is 11.8 Å². The van der Waals surface area contributed by atoms with Crippen molar-refractivity contribution in [3.63, 3.8) is 0 Å². The first kappa shape index (κ1) is 12.6. The Balaban J connectivity index is 2.70. The summed E-state index contributed by atoms with van der Waals surface area (Å²) in [7, 11) is 0. The molecule has 0 saturated carbocycles. The Hall–Kier alpha value is -0.510. The number of amides is 2. The van der Waals surface area contributed by atoms with Crippen LogP contribution < -0.4 is 0 Å². The minimum atomic E-state index is -0.147. The van der Waals surface area contributed by atoms with Gasteiger partial charge >= 0.3 is 0 Å². The summed E-state index contributed by atoms with van der Waals surface area (Å²) in [6.45, 7) is 8.02. The molecule has 0 aromatic carbocycles. The fourth-order valence-electron chi connectivity index (χ4n) is 1.70. The number of rotatable bonds is 4. The van der Waals surface area contributed by atoms with Crippen LogP contribution in [-0.2, 0) is 9.59 Å². The first-order valence-electron chi connectivity index (χ1n) is 5.48. The highest BCUT2D eigenvalue weighted by atomic mass is 32.2. The molecule has 86 valence electrons. The molecule has 0 aliphatic carbocycles. The van der Waals surface area contributed by atoms with Gasteiger partial charge in [0.25, 0.3) is 0 Å². The van der Waals surface area contributed by atoms with E-state index in [1.807, 2.05) is 27.7 Å². The van der Waals surface area contributed by atoms with E-state index >= 15 is 0 Å². The number of hydrogen-bond donors (Lipinski definition) is 0. The Labute approximate surface area is 95.6 Å². The molecule has 0 radical (unpaired) electrons. The average molecular weight is 229 g/mol. The second-order valence-corrected chi connectivity index (χ2v) is 6.02. The predicted octanol–water partition coefficient (Wildman–Crippen LogP) is 2.05. The Bertz CT molecular complexity index is 265. The third kappa shape index (κ3) is 2.74. The van der Waals surface area contributed by atoms with Gasteiger partial charge < -0.3 is 0 Å². The maximum absolute atomic E-state index is 11.9. The smallest absolute Gasteiger partial charge is 0.243 e. The molecule has 2 amide bonds. The Morgan fingerprint density at radius 3 is 2.47 bits per heavy atom. The highest BCUT2D eigenvalue weighted by Gasteiger charge is 2.40. The van der Waals surface area contributed by atoms with Crippen LogP contribution in [-0.4, -0.2) is 33.3 Å². The molecule has 1 rings (SSSR count). The summed E-state index contributed by atoms with van der Waals surface area (Å²) < 4.78 is 0. The minimum absolute atomic E-state index is 0.00694. The summed E-state index contributed by atoms with van der Waals surface area (Å²) in [4.78, 5) is 25.0. The van der Waals surface area contributed by atoms with E-state index in [2.05, 4.69) is 0 Å². The Morgan fingerprint density at radius 2 is 2.00 bits per heavy atom. The zero-order valence-corrected chi connectivity index (χ0v) is 10.6. The predicted molar refractivity (Wildman–Crippen MR) is 62.7 cm³/mol. The SMILES string of the molecule is CCC(C)N1C(=O)CC(SC(C)C)C1=O. The Kier molecular flexibility index (Phi) is 4.20. The number of thioether (sulfide) groups is 1. The second kappa shape index (κ2) is 5.01. The molecule has 1 aliphatic rings. The Morgan fingerprint density at radius 1 is 1.40 bits per heavy atom. The summed E-state index contributed by atoms with van der Waals surface area (Å²) in [5.41, 5.74) is 0. The maximum Gasteiger partial charge on any atom is 0.243 e. The van der Waals surface area contributed by atoms with Crippen LogP contribution in [0.3, 0.4) is 0 Å². The van der Waals surface area contributed by atoms with Crippen LogP contribution in [0.5, 0.6) is 0 Å². The molecule has 2 atom stereocenters. The lowest BCUT2D eigenvalue weighted by molar-refractivity contribution is -0.140. The van der Waals surface area contributed by atoms with Gasteiger partial charge in [0.05, 0.1) is 5.25 Å². The van der Waals surface area contributed by atoms with E-state index < -0.39 is 0 Å². The second-order valence-electron chi connectivity index (χ2n) is 4.24. The zero-order valence-electron chi connectivity index (χ0n) is 9.82. The van der Waals surface area contributed by atoms with Gasteiger partial charge in [0.1, 0.15) is 0 Å². The highest BCUT2D eigenvalue weighted by Crippen LogP contribution is 2.29. The molecule has 0 N–H and O–H groups in total. The lowest BCUT2D eigenvalue weighted by Crippen LogP contribution is -2.38. The van der Waals surface area contributed by atoms with E-state index in [-0.39, 0.29) is 23.1 Å². The number of hydrogen-bond acceptors (Lipinski definition) is 3. The number of carbonyl (C=O) groups excluding carboxylic acids is 2. The lowest BCUT2D eigenvalue weighted by atomic mass is 10.2. The summed E-state index contributed by atoms with van der Waals surface area (Å²) in [5.74, 6) is 0.000509. The van der Waals surface area contributed by atoms with Crippen molar-refractivity contribution in [3.05, 3.63) is 0 Å². The van der Waals surface area contributed by atoms with Crippen molar-refractivity contribution >= 4 is 23.6 Å². The van der Waals surface area contributed by atoms with Gasteiger partial charge in [-0.25, -0.2) is 0 Å². The first-order chi connectivity index (χ1) is 6.97. The molecule has 1 aliphatic heterocycles. The van der Waals surface area contributed by atoms with Crippen LogP contribution in [0.1, 0.15) is 40.5 Å². The summed E-state index contributed by atoms with van der Waals surface area (Å²) in [5, 5.41) is 0.245. The normalized spacial score (nSPS) is 24.1. The van der Waals surface area contributed by atoms with E-state index in [1.54, 1.807) is 11.8 Å². The standard InChI is InChI=1S/C11H19NO2S/c1-5-8(4)12-10(13)6-9(11(12)14)15-7(2)3/h7-9H,5-6H2,1-4H3. The van der Waals surface area contributed by atoms with Crippen molar-refractivity contribution < 1.29 is 9.59 Å². The van der Waals surface area contributed by atoms with Crippen molar-refractivity contribution in [2.45, 2.75) is 57.1 Å². The molecular formula is C11H19NO2S. The number of imide groups is 1. The van der Waals surface area contributed by atoms with Crippen molar-refractivity contribution in [1.82, 2.24) is 4.90 Å². The fraction of sp³-hybridized carbons (Fsp3) is 0.818. The fourth-order valence-corrected chi connectivity index (χ4v) is 2.83. The molecule has 0 aromatic heterocycles. The lowest BCUT2D eigenvalue weighted by Gasteiger charge is -2.21. The third-order valence-corrected chi connectivity index (χ3v) is 3.85. The minimum Gasteiger partial charge on any atom is -0.279 e. The molecule has 15 heavy (non-hydrogen) atoms. The number of nitrogens with zero attached hydrogens (tertiary/aromatic N) is 1. The molecule has 0 bridgehead atoms. The van der Waals surface area contributed by atoms with Crippen molar-refractivity contribution in [2.24, 2.45) is 0 Å². The van der Waals surface area contributed by atoms with Crippen molar-refractivity contribution in [1.29, 1.82) is 0 Å². The van der Waals surface area contributed by atoms with Gasteiger partial charge in [-0.3, -0.25) is 14.5 Å². The molecule has 2 unspecified atom stereocenters. The van der Waals surface area contributed by atoms with Crippen molar-refractivity contribution in [2.75, 3.05) is 0 Å². The molecule has 3 nitrogen and oxygen atoms in total. The maximum atomic E-state index is 11.9. The van der Waals surface area contributed by atoms with Crippen LogP contribution in [0.4, 0.5) is 0 Å². The molecule has 4 heteroatoms. The van der Waals surface area contributed by atoms with Gasteiger partial charge in [0.15, 0.2) is 0 Å². The molecule has 1 fully saturated rings. The summed E-state index contributed by atoms with van der Waals surface area (Å²) in [6, 6.07) is 0.0442. The van der Waals surface area contributed by atoms with Gasteiger partial charge in [0, 0.05) is 12.5 Å². The molecule has 0 aromatic rings. The van der Waals surface area contributed by atoms with Crippen LogP contribution in [0.25, 0.3) is 0 Å². The van der Waals surface area contributed by atoms with Gasteiger partial charge in [-0.05, 0) is 18.6 Å².